The molecule has 0 saturated carbocycles. The SMILES string of the molecule is CCOc1ccc(N([C@H](C)C(=O)N/N=C(/C)c2ccc(Br)cc2)S(C)(=O)=O)cc1. The number of amides is 1. The number of nitrogens with one attached hydrogen (secondary N) is 1. The van der Waals surface area contributed by atoms with Crippen molar-refractivity contribution in [2.45, 2.75) is 26.8 Å². The van der Waals surface area contributed by atoms with E-state index in [-0.39, 0.29) is 0 Å². The van der Waals surface area contributed by atoms with Crippen LogP contribution in [0.15, 0.2) is 58.1 Å². The fourth-order valence-corrected chi connectivity index (χ4v) is 4.09. The predicted molar refractivity (Wildman–Crippen MR) is 119 cm³/mol. The number of carbonyl (C=O) groups is 1. The molecule has 0 heterocycles. The lowest BCUT2D eigenvalue weighted by atomic mass is 10.1. The van der Waals surface area contributed by atoms with Crippen molar-refractivity contribution in [3.63, 3.8) is 0 Å². The van der Waals surface area contributed by atoms with Gasteiger partial charge in [0, 0.05) is 4.47 Å². The van der Waals surface area contributed by atoms with Crippen LogP contribution in [-0.4, -0.2) is 38.9 Å². The van der Waals surface area contributed by atoms with Crippen LogP contribution in [0.25, 0.3) is 0 Å². The van der Waals surface area contributed by atoms with Crippen molar-refractivity contribution in [1.29, 1.82) is 0 Å². The number of ether oxygens (including phenoxy) is 1. The van der Waals surface area contributed by atoms with E-state index in [1.165, 1.54) is 6.92 Å². The average Bonchev–Trinajstić information content (AvgIpc) is 2.67. The van der Waals surface area contributed by atoms with E-state index in [0.717, 1.165) is 20.6 Å². The molecule has 2 aromatic rings. The Morgan fingerprint density at radius 3 is 2.28 bits per heavy atom. The van der Waals surface area contributed by atoms with Crippen molar-refractivity contribution in [3.8, 4) is 5.75 Å². The van der Waals surface area contributed by atoms with Gasteiger partial charge in [-0.05, 0) is 62.7 Å². The quantitative estimate of drug-likeness (QED) is 0.461. The van der Waals surface area contributed by atoms with E-state index in [1.807, 2.05) is 31.2 Å². The summed E-state index contributed by atoms with van der Waals surface area (Å²) in [4.78, 5) is 12.6. The molecule has 7 nitrogen and oxygen atoms in total. The van der Waals surface area contributed by atoms with Gasteiger partial charge in [-0.15, -0.1) is 0 Å². The van der Waals surface area contributed by atoms with Gasteiger partial charge in [-0.3, -0.25) is 9.10 Å². The van der Waals surface area contributed by atoms with Crippen LogP contribution in [0, 0.1) is 0 Å². The van der Waals surface area contributed by atoms with Gasteiger partial charge in [0.1, 0.15) is 11.8 Å². The minimum absolute atomic E-state index is 0.368. The second-order valence-corrected chi connectivity index (χ2v) is 9.12. The van der Waals surface area contributed by atoms with Gasteiger partial charge in [0.25, 0.3) is 5.91 Å². The number of sulfonamides is 1. The van der Waals surface area contributed by atoms with E-state index in [2.05, 4.69) is 26.5 Å². The van der Waals surface area contributed by atoms with Gasteiger partial charge >= 0.3 is 0 Å². The molecule has 1 N–H and O–H groups in total. The first kappa shape index (κ1) is 22.9. The molecule has 0 aliphatic carbocycles. The number of rotatable bonds is 8. The maximum Gasteiger partial charge on any atom is 0.263 e. The Bertz CT molecular complexity index is 974. The highest BCUT2D eigenvalue weighted by molar-refractivity contribution is 9.10. The molecule has 0 fully saturated rings. The molecule has 0 spiro atoms. The first-order chi connectivity index (χ1) is 13.6. The Morgan fingerprint density at radius 2 is 1.76 bits per heavy atom. The standard InChI is InChI=1S/C20H24BrN3O4S/c1-5-28-19-12-10-18(11-13-19)24(29(4,26)27)15(3)20(25)23-22-14(2)16-6-8-17(21)9-7-16/h6-13,15H,5H2,1-4H3,(H,23,25)/b22-14-/t15-/m1/s1. The Morgan fingerprint density at radius 1 is 1.17 bits per heavy atom. The number of hydrogen-bond donors (Lipinski definition) is 1. The van der Waals surface area contributed by atoms with Crippen molar-refractivity contribution in [1.82, 2.24) is 5.43 Å². The third-order valence-electron chi connectivity index (χ3n) is 4.09. The van der Waals surface area contributed by atoms with Gasteiger partial charge < -0.3 is 4.74 Å². The topological polar surface area (TPSA) is 88.1 Å². The van der Waals surface area contributed by atoms with Gasteiger partial charge in [-0.25, -0.2) is 13.8 Å². The van der Waals surface area contributed by atoms with Gasteiger partial charge in [0.05, 0.1) is 24.3 Å². The van der Waals surface area contributed by atoms with E-state index in [0.29, 0.717) is 23.8 Å². The van der Waals surface area contributed by atoms with Gasteiger partial charge in [-0.1, -0.05) is 28.1 Å². The minimum Gasteiger partial charge on any atom is -0.494 e. The maximum absolute atomic E-state index is 12.6. The summed E-state index contributed by atoms with van der Waals surface area (Å²) >= 11 is 3.37. The number of benzene rings is 2. The van der Waals surface area contributed by atoms with Gasteiger partial charge in [0.2, 0.25) is 10.0 Å². The number of halogens is 1. The van der Waals surface area contributed by atoms with Crippen LogP contribution in [0.4, 0.5) is 5.69 Å². The molecular weight excluding hydrogens is 458 g/mol. The molecule has 156 valence electrons. The molecular formula is C20H24BrN3O4S. The summed E-state index contributed by atoms with van der Waals surface area (Å²) in [7, 11) is -3.70. The molecule has 0 bridgehead atoms. The molecule has 29 heavy (non-hydrogen) atoms. The summed E-state index contributed by atoms with van der Waals surface area (Å²) < 4.78 is 32.1. The highest BCUT2D eigenvalue weighted by Gasteiger charge is 2.29. The van der Waals surface area contributed by atoms with Crippen molar-refractivity contribution in [2.24, 2.45) is 5.10 Å². The zero-order valence-electron chi connectivity index (χ0n) is 16.7. The summed E-state index contributed by atoms with van der Waals surface area (Å²) in [6.45, 7) is 5.63. The lowest BCUT2D eigenvalue weighted by Crippen LogP contribution is -2.46. The van der Waals surface area contributed by atoms with E-state index in [1.54, 1.807) is 31.2 Å². The van der Waals surface area contributed by atoms with E-state index in [4.69, 9.17) is 4.74 Å². The highest BCUT2D eigenvalue weighted by Crippen LogP contribution is 2.24. The van der Waals surface area contributed by atoms with Crippen LogP contribution >= 0.6 is 15.9 Å². The Kier molecular flexibility index (Phi) is 7.80. The number of hydrogen-bond acceptors (Lipinski definition) is 5. The van der Waals surface area contributed by atoms with Gasteiger partial charge in [-0.2, -0.15) is 5.10 Å². The molecule has 0 radical (unpaired) electrons. The van der Waals surface area contributed by atoms with Gasteiger partial charge in [0.15, 0.2) is 0 Å². The lowest BCUT2D eigenvalue weighted by molar-refractivity contribution is -0.121. The zero-order chi connectivity index (χ0) is 21.6. The molecule has 0 aliphatic heterocycles. The third-order valence-corrected chi connectivity index (χ3v) is 5.86. The van der Waals surface area contributed by atoms with E-state index in [9.17, 15) is 13.2 Å². The molecule has 0 aliphatic rings. The predicted octanol–water partition coefficient (Wildman–Crippen LogP) is 3.54. The molecule has 2 aromatic carbocycles. The highest BCUT2D eigenvalue weighted by atomic mass is 79.9. The van der Waals surface area contributed by atoms with E-state index >= 15 is 0 Å². The van der Waals surface area contributed by atoms with Crippen LogP contribution in [0.2, 0.25) is 0 Å². The average molecular weight is 482 g/mol. The van der Waals surface area contributed by atoms with Crippen molar-refractivity contribution >= 4 is 43.3 Å². The summed E-state index contributed by atoms with van der Waals surface area (Å²) in [5.41, 5.74) is 4.27. The third kappa shape index (κ3) is 6.30. The normalized spacial score (nSPS) is 12.9. The monoisotopic (exact) mass is 481 g/mol. The van der Waals surface area contributed by atoms with Crippen LogP contribution < -0.4 is 14.5 Å². The van der Waals surface area contributed by atoms with Crippen LogP contribution in [0.3, 0.4) is 0 Å². The largest absolute Gasteiger partial charge is 0.494 e. The number of hydrazone groups is 1. The Balaban J connectivity index is 2.20. The smallest absolute Gasteiger partial charge is 0.263 e. The summed E-state index contributed by atoms with van der Waals surface area (Å²) in [5.74, 6) is 0.0808. The maximum atomic E-state index is 12.6. The van der Waals surface area contributed by atoms with Crippen molar-refractivity contribution in [3.05, 3.63) is 58.6 Å². The zero-order valence-corrected chi connectivity index (χ0v) is 19.1. The van der Waals surface area contributed by atoms with Crippen molar-refractivity contribution in [2.75, 3.05) is 17.2 Å². The minimum atomic E-state index is -3.70. The fourth-order valence-electron chi connectivity index (χ4n) is 2.65. The first-order valence-electron chi connectivity index (χ1n) is 8.95. The molecule has 0 saturated heterocycles. The number of anilines is 1. The number of carbonyl (C=O) groups excluding carboxylic acids is 1. The lowest BCUT2D eigenvalue weighted by Gasteiger charge is -2.27. The summed E-state index contributed by atoms with van der Waals surface area (Å²) in [5, 5.41) is 4.10. The molecule has 9 heteroatoms. The molecule has 1 atom stereocenters. The van der Waals surface area contributed by atoms with Crippen LogP contribution in [-0.2, 0) is 14.8 Å². The molecule has 2 rings (SSSR count). The molecule has 0 unspecified atom stereocenters. The van der Waals surface area contributed by atoms with Crippen LogP contribution in [0.1, 0.15) is 26.3 Å². The first-order valence-corrected chi connectivity index (χ1v) is 11.6. The molecule has 1 amide bonds. The summed E-state index contributed by atoms with van der Waals surface area (Å²) in [6.07, 6.45) is 1.06. The fraction of sp³-hybridized carbons (Fsp3) is 0.300. The Labute approximate surface area is 179 Å². The second kappa shape index (κ2) is 9.89. The summed E-state index contributed by atoms with van der Waals surface area (Å²) in [6, 6.07) is 13.0. The Hall–Kier alpha value is -2.39. The second-order valence-electron chi connectivity index (χ2n) is 6.34. The molecule has 0 aromatic heterocycles. The van der Waals surface area contributed by atoms with Crippen molar-refractivity contribution < 1.29 is 17.9 Å². The van der Waals surface area contributed by atoms with E-state index < -0.39 is 22.0 Å². The van der Waals surface area contributed by atoms with Crippen LogP contribution in [0.5, 0.6) is 5.75 Å². The number of nitrogens with zero attached hydrogens (tertiary/aromatic N) is 2.